The average Bonchev–Trinajstić information content (AvgIpc) is 2.71. The average molecular weight is 247 g/mol. The van der Waals surface area contributed by atoms with Crippen molar-refractivity contribution in [1.29, 1.82) is 0 Å². The molecule has 0 N–H and O–H groups in total. The molecule has 1 aromatic heterocycles. The van der Waals surface area contributed by atoms with E-state index in [1.165, 1.54) is 16.8 Å². The first-order valence-corrected chi connectivity index (χ1v) is 5.77. The van der Waals surface area contributed by atoms with Crippen molar-refractivity contribution in [2.24, 2.45) is 5.92 Å². The van der Waals surface area contributed by atoms with Gasteiger partial charge in [0.05, 0.1) is 11.4 Å². The Labute approximate surface area is 104 Å². The maximum atomic E-state index is 13.2. The molecule has 2 rings (SSSR count). The van der Waals surface area contributed by atoms with Crippen LogP contribution in [0.3, 0.4) is 0 Å². The topological polar surface area (TPSA) is 47.8 Å². The molecule has 0 saturated carbocycles. The minimum Gasteiger partial charge on any atom is -0.296 e. The maximum Gasteiger partial charge on any atom is 0.172 e. The Morgan fingerprint density at radius 3 is 2.83 bits per heavy atom. The highest BCUT2D eigenvalue weighted by Gasteiger charge is 2.15. The first-order chi connectivity index (χ1) is 8.61. The molecular formula is C13H14FN3O. The summed E-state index contributed by atoms with van der Waals surface area (Å²) in [5, 5.41) is 7.74. The molecule has 0 aliphatic carbocycles. The van der Waals surface area contributed by atoms with E-state index in [0.29, 0.717) is 35.7 Å². The normalized spacial score (nSPS) is 10.9. The fraction of sp³-hybridized carbons (Fsp3) is 0.308. The molecule has 0 atom stereocenters. The molecular weight excluding hydrogens is 233 g/mol. The summed E-state index contributed by atoms with van der Waals surface area (Å²) in [7, 11) is 0. The molecule has 0 aliphatic rings. The monoisotopic (exact) mass is 247 g/mol. The van der Waals surface area contributed by atoms with E-state index in [2.05, 4.69) is 10.3 Å². The number of hydrogen-bond acceptors (Lipinski definition) is 3. The van der Waals surface area contributed by atoms with Crippen molar-refractivity contribution in [2.45, 2.75) is 20.3 Å². The summed E-state index contributed by atoms with van der Waals surface area (Å²) in [5.74, 6) is 0.0145. The van der Waals surface area contributed by atoms with Gasteiger partial charge in [-0.25, -0.2) is 9.07 Å². The van der Waals surface area contributed by atoms with E-state index in [4.69, 9.17) is 0 Å². The van der Waals surface area contributed by atoms with Gasteiger partial charge in [0.25, 0.3) is 0 Å². The van der Waals surface area contributed by atoms with Crippen molar-refractivity contribution in [3.05, 3.63) is 41.5 Å². The zero-order valence-electron chi connectivity index (χ0n) is 10.3. The van der Waals surface area contributed by atoms with Crippen LogP contribution in [0, 0.1) is 11.7 Å². The van der Waals surface area contributed by atoms with Gasteiger partial charge in [-0.15, -0.1) is 5.10 Å². The summed E-state index contributed by atoms with van der Waals surface area (Å²) >= 11 is 0. The van der Waals surface area contributed by atoms with Gasteiger partial charge in [0.15, 0.2) is 6.29 Å². The minimum atomic E-state index is -0.342. The lowest BCUT2D eigenvalue weighted by Gasteiger charge is -2.08. The molecule has 5 heteroatoms. The molecule has 0 bridgehead atoms. The van der Waals surface area contributed by atoms with E-state index >= 15 is 0 Å². The van der Waals surface area contributed by atoms with Crippen LogP contribution < -0.4 is 0 Å². The fourth-order valence-electron chi connectivity index (χ4n) is 1.80. The van der Waals surface area contributed by atoms with Crippen LogP contribution in [0.5, 0.6) is 0 Å². The number of halogens is 1. The van der Waals surface area contributed by atoms with Crippen molar-refractivity contribution < 1.29 is 9.18 Å². The van der Waals surface area contributed by atoms with Gasteiger partial charge in [-0.05, 0) is 30.5 Å². The summed E-state index contributed by atoms with van der Waals surface area (Å²) in [6.07, 6.45) is 1.35. The molecule has 1 aromatic carbocycles. The van der Waals surface area contributed by atoms with Crippen LogP contribution in [-0.2, 0) is 6.42 Å². The maximum absolute atomic E-state index is 13.2. The van der Waals surface area contributed by atoms with Crippen molar-refractivity contribution in [2.75, 3.05) is 0 Å². The number of hydrogen-bond donors (Lipinski definition) is 0. The van der Waals surface area contributed by atoms with Crippen LogP contribution in [0.15, 0.2) is 24.3 Å². The molecule has 0 fully saturated rings. The highest BCUT2D eigenvalue weighted by atomic mass is 19.1. The van der Waals surface area contributed by atoms with E-state index in [0.717, 1.165) is 0 Å². The van der Waals surface area contributed by atoms with Gasteiger partial charge in [-0.2, -0.15) is 0 Å². The second kappa shape index (κ2) is 5.08. The number of benzene rings is 1. The lowest BCUT2D eigenvalue weighted by atomic mass is 10.1. The molecule has 0 unspecified atom stereocenters. The summed E-state index contributed by atoms with van der Waals surface area (Å²) < 4.78 is 14.7. The molecule has 94 valence electrons. The van der Waals surface area contributed by atoms with Crippen molar-refractivity contribution in [3.8, 4) is 5.69 Å². The molecule has 0 aliphatic heterocycles. The third-order valence-corrected chi connectivity index (χ3v) is 2.56. The molecule has 1 heterocycles. The lowest BCUT2D eigenvalue weighted by molar-refractivity contribution is 0.111. The predicted octanol–water partition coefficient (Wildman–Crippen LogP) is 2.42. The quantitative estimate of drug-likeness (QED) is 0.779. The number of aromatic nitrogens is 3. The molecule has 0 amide bonds. The molecule has 0 saturated heterocycles. The van der Waals surface area contributed by atoms with Crippen molar-refractivity contribution in [3.63, 3.8) is 0 Å². The summed E-state index contributed by atoms with van der Waals surface area (Å²) in [5.41, 5.74) is 1.60. The van der Waals surface area contributed by atoms with E-state index in [9.17, 15) is 9.18 Å². The Morgan fingerprint density at radius 2 is 2.22 bits per heavy atom. The highest BCUT2D eigenvalue weighted by Crippen LogP contribution is 2.16. The second-order valence-corrected chi connectivity index (χ2v) is 4.53. The number of carbonyl (C=O) groups excluding carboxylic acids is 1. The van der Waals surface area contributed by atoms with Crippen molar-refractivity contribution in [1.82, 2.24) is 15.0 Å². The number of nitrogens with zero attached hydrogens (tertiary/aromatic N) is 3. The Bertz CT molecular complexity index is 563. The summed E-state index contributed by atoms with van der Waals surface area (Å²) in [4.78, 5) is 10.9. The number of carbonyl (C=O) groups is 1. The van der Waals surface area contributed by atoms with Crippen molar-refractivity contribution >= 4 is 6.29 Å². The van der Waals surface area contributed by atoms with Crippen LogP contribution in [0.4, 0.5) is 4.39 Å². The number of rotatable bonds is 4. The fourth-order valence-corrected chi connectivity index (χ4v) is 1.80. The molecule has 0 radical (unpaired) electrons. The van der Waals surface area contributed by atoms with Crippen LogP contribution >= 0.6 is 0 Å². The van der Waals surface area contributed by atoms with Crippen LogP contribution in [-0.4, -0.2) is 21.3 Å². The van der Waals surface area contributed by atoms with E-state index in [-0.39, 0.29) is 5.82 Å². The van der Waals surface area contributed by atoms with E-state index in [1.807, 2.05) is 13.8 Å². The van der Waals surface area contributed by atoms with Gasteiger partial charge in [-0.3, -0.25) is 4.79 Å². The smallest absolute Gasteiger partial charge is 0.172 e. The van der Waals surface area contributed by atoms with Gasteiger partial charge in [0, 0.05) is 0 Å². The molecule has 18 heavy (non-hydrogen) atoms. The molecule has 0 spiro atoms. The zero-order valence-corrected chi connectivity index (χ0v) is 10.3. The summed E-state index contributed by atoms with van der Waals surface area (Å²) in [6, 6.07) is 6.07. The highest BCUT2D eigenvalue weighted by molar-refractivity contribution is 5.73. The first-order valence-electron chi connectivity index (χ1n) is 5.77. The Morgan fingerprint density at radius 1 is 1.44 bits per heavy atom. The lowest BCUT2D eigenvalue weighted by Crippen LogP contribution is -2.07. The second-order valence-electron chi connectivity index (χ2n) is 4.53. The molecule has 4 nitrogen and oxygen atoms in total. The van der Waals surface area contributed by atoms with Gasteiger partial charge >= 0.3 is 0 Å². The molecule has 2 aromatic rings. The van der Waals surface area contributed by atoms with Gasteiger partial charge in [0.2, 0.25) is 0 Å². The minimum absolute atomic E-state index is 0.313. The SMILES string of the molecule is CC(C)Cc1c(C=O)nnn1-c1cccc(F)c1. The van der Waals surface area contributed by atoms with Gasteiger partial charge in [-0.1, -0.05) is 25.1 Å². The van der Waals surface area contributed by atoms with Gasteiger partial charge < -0.3 is 0 Å². The number of aldehydes is 1. The standard InChI is InChI=1S/C13H14FN3O/c1-9(2)6-13-12(8-18)15-16-17(13)11-5-3-4-10(14)7-11/h3-5,7-9H,6H2,1-2H3. The van der Waals surface area contributed by atoms with Crippen LogP contribution in [0.25, 0.3) is 5.69 Å². The Balaban J connectivity index is 2.50. The van der Waals surface area contributed by atoms with Crippen LogP contribution in [0.1, 0.15) is 30.0 Å². The third-order valence-electron chi connectivity index (χ3n) is 2.56. The predicted molar refractivity (Wildman–Crippen MR) is 65.2 cm³/mol. The van der Waals surface area contributed by atoms with Crippen LogP contribution in [0.2, 0.25) is 0 Å². The largest absolute Gasteiger partial charge is 0.296 e. The van der Waals surface area contributed by atoms with E-state index < -0.39 is 0 Å². The zero-order chi connectivity index (χ0) is 13.1. The Hall–Kier alpha value is -2.04. The van der Waals surface area contributed by atoms with E-state index in [1.54, 1.807) is 12.1 Å². The van der Waals surface area contributed by atoms with Gasteiger partial charge in [0.1, 0.15) is 11.5 Å². The third kappa shape index (κ3) is 2.45. The summed E-state index contributed by atoms with van der Waals surface area (Å²) in [6.45, 7) is 4.08. The first kappa shape index (κ1) is 12.4. The Kier molecular flexibility index (Phi) is 3.50.